The standard InChI is InChI=1S/C9H12ClN3O/c1-2-7(11)9(14)13-6-3-4-8(10)12-5-6/h3-5,7H,2,11H2,1H3,(H,13,14). The Morgan fingerprint density at radius 2 is 2.43 bits per heavy atom. The molecule has 4 nitrogen and oxygen atoms in total. The number of rotatable bonds is 3. The van der Waals surface area contributed by atoms with Gasteiger partial charge in [0.25, 0.3) is 0 Å². The molecule has 0 spiro atoms. The molecule has 0 aromatic carbocycles. The van der Waals surface area contributed by atoms with Crippen molar-refractivity contribution in [1.29, 1.82) is 0 Å². The Bertz CT molecular complexity index is 312. The molecule has 3 N–H and O–H groups in total. The SMILES string of the molecule is CCC(N)C(=O)Nc1ccc(Cl)nc1. The quantitative estimate of drug-likeness (QED) is 0.746. The van der Waals surface area contributed by atoms with Crippen LogP contribution in [0.25, 0.3) is 0 Å². The third-order valence-corrected chi connectivity index (χ3v) is 2.00. The van der Waals surface area contributed by atoms with Crippen molar-refractivity contribution < 1.29 is 4.79 Å². The van der Waals surface area contributed by atoms with Gasteiger partial charge in [-0.3, -0.25) is 4.79 Å². The molecule has 1 aromatic heterocycles. The van der Waals surface area contributed by atoms with E-state index in [0.717, 1.165) is 0 Å². The summed E-state index contributed by atoms with van der Waals surface area (Å²) in [6.07, 6.45) is 2.09. The van der Waals surface area contributed by atoms with E-state index in [4.69, 9.17) is 17.3 Å². The fourth-order valence-corrected chi connectivity index (χ4v) is 0.982. The van der Waals surface area contributed by atoms with Crippen LogP contribution in [0.3, 0.4) is 0 Å². The second-order valence-corrected chi connectivity index (χ2v) is 3.26. The predicted octanol–water partition coefficient (Wildman–Crippen LogP) is 1.41. The number of nitrogens with one attached hydrogen (secondary N) is 1. The average Bonchev–Trinajstić information content (AvgIpc) is 2.20. The Labute approximate surface area is 87.5 Å². The van der Waals surface area contributed by atoms with Crippen molar-refractivity contribution in [2.24, 2.45) is 5.73 Å². The maximum atomic E-state index is 11.3. The molecule has 1 rings (SSSR count). The number of pyridine rings is 1. The van der Waals surface area contributed by atoms with Crippen LogP contribution >= 0.6 is 11.6 Å². The van der Waals surface area contributed by atoms with Gasteiger partial charge in [0, 0.05) is 0 Å². The minimum atomic E-state index is -0.481. The number of amides is 1. The van der Waals surface area contributed by atoms with Gasteiger partial charge in [-0.2, -0.15) is 0 Å². The number of hydrogen-bond donors (Lipinski definition) is 2. The van der Waals surface area contributed by atoms with Crippen molar-refractivity contribution >= 4 is 23.2 Å². The lowest BCUT2D eigenvalue weighted by Gasteiger charge is -2.09. The number of aromatic nitrogens is 1. The van der Waals surface area contributed by atoms with Crippen LogP contribution in [0.1, 0.15) is 13.3 Å². The highest BCUT2D eigenvalue weighted by Gasteiger charge is 2.10. The molecule has 0 fully saturated rings. The first kappa shape index (κ1) is 10.9. The Kier molecular flexibility index (Phi) is 3.85. The molecular weight excluding hydrogens is 202 g/mol. The number of nitrogens with zero attached hydrogens (tertiary/aromatic N) is 1. The van der Waals surface area contributed by atoms with Gasteiger partial charge in [0.05, 0.1) is 17.9 Å². The summed E-state index contributed by atoms with van der Waals surface area (Å²) in [6, 6.07) is 2.80. The van der Waals surface area contributed by atoms with Crippen molar-refractivity contribution in [3.63, 3.8) is 0 Å². The highest BCUT2D eigenvalue weighted by molar-refractivity contribution is 6.29. The zero-order valence-corrected chi connectivity index (χ0v) is 8.58. The van der Waals surface area contributed by atoms with Crippen molar-refractivity contribution in [2.75, 3.05) is 5.32 Å². The van der Waals surface area contributed by atoms with Crippen LogP contribution in [0.5, 0.6) is 0 Å². The molecule has 14 heavy (non-hydrogen) atoms. The van der Waals surface area contributed by atoms with Gasteiger partial charge in [-0.1, -0.05) is 18.5 Å². The Morgan fingerprint density at radius 3 is 2.93 bits per heavy atom. The molecule has 0 aliphatic heterocycles. The summed E-state index contributed by atoms with van der Waals surface area (Å²) in [6.45, 7) is 1.85. The molecule has 0 aliphatic carbocycles. The van der Waals surface area contributed by atoms with Crippen LogP contribution < -0.4 is 11.1 Å². The highest BCUT2D eigenvalue weighted by atomic mass is 35.5. The first-order valence-electron chi connectivity index (χ1n) is 4.31. The molecule has 0 radical (unpaired) electrons. The van der Waals surface area contributed by atoms with Gasteiger partial charge in [0.1, 0.15) is 5.15 Å². The molecule has 1 aromatic rings. The second-order valence-electron chi connectivity index (χ2n) is 2.87. The zero-order valence-electron chi connectivity index (χ0n) is 7.83. The van der Waals surface area contributed by atoms with Gasteiger partial charge in [0.15, 0.2) is 0 Å². The second kappa shape index (κ2) is 4.93. The maximum absolute atomic E-state index is 11.3. The zero-order chi connectivity index (χ0) is 10.6. The van der Waals surface area contributed by atoms with E-state index in [1.165, 1.54) is 6.20 Å². The van der Waals surface area contributed by atoms with E-state index in [1.54, 1.807) is 12.1 Å². The summed E-state index contributed by atoms with van der Waals surface area (Å²) < 4.78 is 0. The molecule has 1 heterocycles. The monoisotopic (exact) mass is 213 g/mol. The van der Waals surface area contributed by atoms with Crippen LogP contribution in [-0.4, -0.2) is 16.9 Å². The molecule has 0 aliphatic rings. The molecular formula is C9H12ClN3O. The average molecular weight is 214 g/mol. The molecule has 76 valence electrons. The molecule has 5 heteroatoms. The number of nitrogens with two attached hydrogens (primary N) is 1. The van der Waals surface area contributed by atoms with E-state index < -0.39 is 6.04 Å². The summed E-state index contributed by atoms with van der Waals surface area (Å²) in [5.74, 6) is -0.211. The van der Waals surface area contributed by atoms with E-state index in [-0.39, 0.29) is 5.91 Å². The lowest BCUT2D eigenvalue weighted by atomic mass is 10.2. The number of hydrogen-bond acceptors (Lipinski definition) is 3. The Balaban J connectivity index is 2.60. The lowest BCUT2D eigenvalue weighted by molar-refractivity contribution is -0.117. The van der Waals surface area contributed by atoms with Gasteiger partial charge >= 0.3 is 0 Å². The number of anilines is 1. The highest BCUT2D eigenvalue weighted by Crippen LogP contribution is 2.09. The third kappa shape index (κ3) is 2.97. The minimum Gasteiger partial charge on any atom is -0.323 e. The third-order valence-electron chi connectivity index (χ3n) is 1.77. The van der Waals surface area contributed by atoms with E-state index in [0.29, 0.717) is 17.3 Å². The number of carbonyl (C=O) groups excluding carboxylic acids is 1. The summed E-state index contributed by atoms with van der Waals surface area (Å²) in [5, 5.41) is 3.03. The number of halogens is 1. The van der Waals surface area contributed by atoms with Crippen LogP contribution in [0.4, 0.5) is 5.69 Å². The molecule has 0 bridgehead atoms. The van der Waals surface area contributed by atoms with Crippen molar-refractivity contribution in [1.82, 2.24) is 4.98 Å². The van der Waals surface area contributed by atoms with Crippen molar-refractivity contribution in [3.05, 3.63) is 23.5 Å². The van der Waals surface area contributed by atoms with Crippen LogP contribution in [0.15, 0.2) is 18.3 Å². The summed E-state index contributed by atoms with van der Waals surface area (Å²) in [7, 11) is 0. The maximum Gasteiger partial charge on any atom is 0.241 e. The number of carbonyl (C=O) groups is 1. The van der Waals surface area contributed by atoms with Crippen LogP contribution in [0.2, 0.25) is 5.15 Å². The van der Waals surface area contributed by atoms with Crippen LogP contribution in [-0.2, 0) is 4.79 Å². The van der Waals surface area contributed by atoms with Gasteiger partial charge < -0.3 is 11.1 Å². The van der Waals surface area contributed by atoms with Gasteiger partial charge in [0.2, 0.25) is 5.91 Å². The molecule has 1 amide bonds. The predicted molar refractivity (Wildman–Crippen MR) is 56.1 cm³/mol. The van der Waals surface area contributed by atoms with Crippen molar-refractivity contribution in [2.45, 2.75) is 19.4 Å². The topological polar surface area (TPSA) is 68.0 Å². The first-order chi connectivity index (χ1) is 6.63. The lowest BCUT2D eigenvalue weighted by Crippen LogP contribution is -2.34. The molecule has 0 saturated carbocycles. The smallest absolute Gasteiger partial charge is 0.241 e. The van der Waals surface area contributed by atoms with Crippen LogP contribution in [0, 0.1) is 0 Å². The molecule has 1 atom stereocenters. The van der Waals surface area contributed by atoms with E-state index in [2.05, 4.69) is 10.3 Å². The van der Waals surface area contributed by atoms with E-state index in [9.17, 15) is 4.79 Å². The first-order valence-corrected chi connectivity index (χ1v) is 4.69. The normalized spacial score (nSPS) is 12.2. The van der Waals surface area contributed by atoms with E-state index >= 15 is 0 Å². The van der Waals surface area contributed by atoms with Gasteiger partial charge in [-0.05, 0) is 18.6 Å². The van der Waals surface area contributed by atoms with Crippen molar-refractivity contribution in [3.8, 4) is 0 Å². The molecule has 0 saturated heterocycles. The fraction of sp³-hybridized carbons (Fsp3) is 0.333. The summed E-state index contributed by atoms with van der Waals surface area (Å²) >= 11 is 5.59. The summed E-state index contributed by atoms with van der Waals surface area (Å²) in [5.41, 5.74) is 6.14. The summed E-state index contributed by atoms with van der Waals surface area (Å²) in [4.78, 5) is 15.2. The van der Waals surface area contributed by atoms with Gasteiger partial charge in [-0.15, -0.1) is 0 Å². The Morgan fingerprint density at radius 1 is 1.71 bits per heavy atom. The largest absolute Gasteiger partial charge is 0.323 e. The minimum absolute atomic E-state index is 0.211. The molecule has 1 unspecified atom stereocenters. The fourth-order valence-electron chi connectivity index (χ4n) is 0.870. The van der Waals surface area contributed by atoms with E-state index in [1.807, 2.05) is 6.92 Å². The van der Waals surface area contributed by atoms with Gasteiger partial charge in [-0.25, -0.2) is 4.98 Å². The Hall–Kier alpha value is -1.13.